The lowest BCUT2D eigenvalue weighted by Crippen LogP contribution is -2.51. The minimum atomic E-state index is -0.230. The number of likely N-dealkylation sites (tertiary alicyclic amines) is 2. The first kappa shape index (κ1) is 19.0. The normalized spacial score (nSPS) is 24.2. The molecule has 3 aromatic rings. The molecule has 4 heterocycles. The van der Waals surface area contributed by atoms with Crippen molar-refractivity contribution < 1.29 is 13.7 Å². The molecule has 0 radical (unpaired) electrons. The van der Waals surface area contributed by atoms with Crippen molar-refractivity contribution in [3.63, 3.8) is 0 Å². The van der Waals surface area contributed by atoms with E-state index in [2.05, 4.69) is 44.5 Å². The van der Waals surface area contributed by atoms with Gasteiger partial charge in [0.15, 0.2) is 5.69 Å². The van der Waals surface area contributed by atoms with Crippen molar-refractivity contribution in [2.24, 2.45) is 5.92 Å². The second-order valence-electron chi connectivity index (χ2n) is 8.46. The highest BCUT2D eigenvalue weighted by Gasteiger charge is 2.54. The van der Waals surface area contributed by atoms with E-state index in [0.717, 1.165) is 26.1 Å². The van der Waals surface area contributed by atoms with Crippen molar-refractivity contribution in [1.29, 1.82) is 0 Å². The molecule has 2 saturated heterocycles. The number of carbonyl (C=O) groups excluding carboxylic acids is 1. The molecule has 2 aliphatic rings. The molecule has 2 atom stereocenters. The average molecular weight is 407 g/mol. The van der Waals surface area contributed by atoms with Crippen molar-refractivity contribution in [2.75, 3.05) is 26.2 Å². The molecule has 0 saturated carbocycles. The zero-order valence-electron chi connectivity index (χ0n) is 17.2. The highest BCUT2D eigenvalue weighted by Crippen LogP contribution is 2.45. The minimum absolute atomic E-state index is 0.0799. The third-order valence-corrected chi connectivity index (χ3v) is 6.37. The van der Waals surface area contributed by atoms with E-state index in [4.69, 9.17) is 8.94 Å². The van der Waals surface area contributed by atoms with Gasteiger partial charge in [-0.25, -0.2) is 0 Å². The Hall–Kier alpha value is -3.00. The topological polar surface area (TPSA) is 88.5 Å². The molecule has 8 nitrogen and oxygen atoms in total. The van der Waals surface area contributed by atoms with Crippen LogP contribution in [0.1, 0.15) is 40.0 Å². The zero-order chi connectivity index (χ0) is 20.7. The van der Waals surface area contributed by atoms with Gasteiger partial charge in [-0.1, -0.05) is 35.5 Å². The van der Waals surface area contributed by atoms with Crippen LogP contribution >= 0.6 is 0 Å². The fraction of sp³-hybridized carbons (Fsp3) is 0.455. The fourth-order valence-corrected chi connectivity index (χ4v) is 4.91. The third kappa shape index (κ3) is 3.31. The highest BCUT2D eigenvalue weighted by molar-refractivity contribution is 5.92. The maximum atomic E-state index is 13.0. The van der Waals surface area contributed by atoms with E-state index in [1.54, 1.807) is 13.0 Å². The Morgan fingerprint density at radius 1 is 1.20 bits per heavy atom. The van der Waals surface area contributed by atoms with Crippen LogP contribution < -0.4 is 0 Å². The monoisotopic (exact) mass is 407 g/mol. The molecule has 2 aromatic heterocycles. The van der Waals surface area contributed by atoms with Gasteiger partial charge >= 0.3 is 0 Å². The lowest BCUT2D eigenvalue weighted by atomic mass is 9.72. The predicted octanol–water partition coefficient (Wildman–Crippen LogP) is 2.59. The molecular formula is C22H25N5O3. The quantitative estimate of drug-likeness (QED) is 0.657. The Labute approximate surface area is 174 Å². The summed E-state index contributed by atoms with van der Waals surface area (Å²) in [6.07, 6.45) is 0.785. The molecule has 2 unspecified atom stereocenters. The summed E-state index contributed by atoms with van der Waals surface area (Å²) in [5, 5.41) is 12.4. The molecule has 1 amide bonds. The van der Waals surface area contributed by atoms with Crippen LogP contribution in [0.15, 0.2) is 45.3 Å². The van der Waals surface area contributed by atoms with Crippen LogP contribution in [-0.4, -0.2) is 57.2 Å². The van der Waals surface area contributed by atoms with Gasteiger partial charge in [-0.3, -0.25) is 9.69 Å². The van der Waals surface area contributed by atoms with E-state index >= 15 is 0 Å². The minimum Gasteiger partial charge on any atom is -0.425 e. The van der Waals surface area contributed by atoms with Crippen LogP contribution in [0.4, 0.5) is 0 Å². The van der Waals surface area contributed by atoms with Crippen LogP contribution in [0.25, 0.3) is 0 Å². The Kier molecular flexibility index (Phi) is 4.66. The largest absolute Gasteiger partial charge is 0.425 e. The fourth-order valence-electron chi connectivity index (χ4n) is 4.91. The number of hydrogen-bond acceptors (Lipinski definition) is 7. The molecule has 8 heteroatoms. The first-order valence-electron chi connectivity index (χ1n) is 10.3. The number of fused-ring (bicyclic) bond motifs is 1. The number of carbonyl (C=O) groups is 1. The summed E-state index contributed by atoms with van der Waals surface area (Å²) in [7, 11) is 0. The maximum absolute atomic E-state index is 13.0. The number of amides is 1. The molecule has 0 N–H and O–H groups in total. The van der Waals surface area contributed by atoms with Crippen LogP contribution in [0, 0.1) is 19.8 Å². The van der Waals surface area contributed by atoms with Crippen LogP contribution in [-0.2, 0) is 12.0 Å². The Morgan fingerprint density at radius 3 is 2.73 bits per heavy atom. The SMILES string of the molecule is Cc1cc(C(=O)N2CCC3(c4nnc(C)o4)CN(Cc4ccccc4)CC3C2)no1. The summed E-state index contributed by atoms with van der Waals surface area (Å²) in [5.41, 5.74) is 1.42. The highest BCUT2D eigenvalue weighted by atomic mass is 16.5. The average Bonchev–Trinajstić information content (AvgIpc) is 3.46. The smallest absolute Gasteiger partial charge is 0.276 e. The molecular weight excluding hydrogens is 382 g/mol. The third-order valence-electron chi connectivity index (χ3n) is 6.37. The van der Waals surface area contributed by atoms with E-state index in [1.165, 1.54) is 5.56 Å². The standard InChI is InChI=1S/C22H25N5O3/c1-15-10-19(25-30-15)20(28)27-9-8-22(21-24-23-16(2)29-21)14-26(12-18(22)13-27)11-17-6-4-3-5-7-17/h3-7,10,18H,8-9,11-14H2,1-2H3. The number of rotatable bonds is 4. The number of benzene rings is 1. The van der Waals surface area contributed by atoms with E-state index in [1.807, 2.05) is 17.9 Å². The molecule has 2 fully saturated rings. The van der Waals surface area contributed by atoms with Gasteiger partial charge in [0.1, 0.15) is 5.76 Å². The van der Waals surface area contributed by atoms with Crippen molar-refractivity contribution in [1.82, 2.24) is 25.2 Å². The Balaban J connectivity index is 1.40. The first-order valence-corrected chi connectivity index (χ1v) is 10.3. The summed E-state index contributed by atoms with van der Waals surface area (Å²) < 4.78 is 11.0. The van der Waals surface area contributed by atoms with Crippen LogP contribution in [0.3, 0.4) is 0 Å². The molecule has 0 spiro atoms. The van der Waals surface area contributed by atoms with Gasteiger partial charge in [0.05, 0.1) is 5.41 Å². The molecule has 30 heavy (non-hydrogen) atoms. The number of piperidine rings is 1. The van der Waals surface area contributed by atoms with Gasteiger partial charge < -0.3 is 13.8 Å². The Morgan fingerprint density at radius 2 is 2.03 bits per heavy atom. The lowest BCUT2D eigenvalue weighted by molar-refractivity contribution is 0.0558. The van der Waals surface area contributed by atoms with Gasteiger partial charge in [0, 0.05) is 51.6 Å². The van der Waals surface area contributed by atoms with Crippen molar-refractivity contribution in [2.45, 2.75) is 32.2 Å². The molecule has 5 rings (SSSR count). The number of aryl methyl sites for hydroxylation is 2. The van der Waals surface area contributed by atoms with Crippen LogP contribution in [0.5, 0.6) is 0 Å². The second-order valence-corrected chi connectivity index (χ2v) is 8.46. The summed E-state index contributed by atoms with van der Waals surface area (Å²) >= 11 is 0. The lowest BCUT2D eigenvalue weighted by Gasteiger charge is -2.41. The van der Waals surface area contributed by atoms with Gasteiger partial charge in [-0.15, -0.1) is 10.2 Å². The molecule has 0 aliphatic carbocycles. The molecule has 0 bridgehead atoms. The van der Waals surface area contributed by atoms with Gasteiger partial charge in [0.25, 0.3) is 5.91 Å². The number of aromatic nitrogens is 3. The van der Waals surface area contributed by atoms with Gasteiger partial charge in [0.2, 0.25) is 11.8 Å². The zero-order valence-corrected chi connectivity index (χ0v) is 17.2. The predicted molar refractivity (Wildman–Crippen MR) is 108 cm³/mol. The van der Waals surface area contributed by atoms with Crippen molar-refractivity contribution in [3.05, 3.63) is 65.2 Å². The van der Waals surface area contributed by atoms with Gasteiger partial charge in [-0.2, -0.15) is 0 Å². The van der Waals surface area contributed by atoms with Crippen molar-refractivity contribution in [3.8, 4) is 0 Å². The number of nitrogens with zero attached hydrogens (tertiary/aromatic N) is 5. The molecule has 156 valence electrons. The number of hydrogen-bond donors (Lipinski definition) is 0. The van der Waals surface area contributed by atoms with Gasteiger partial charge in [-0.05, 0) is 18.9 Å². The summed E-state index contributed by atoms with van der Waals surface area (Å²) in [6, 6.07) is 12.2. The van der Waals surface area contributed by atoms with E-state index in [0.29, 0.717) is 36.3 Å². The summed E-state index contributed by atoms with van der Waals surface area (Å²) in [6.45, 7) is 7.46. The first-order chi connectivity index (χ1) is 14.5. The van der Waals surface area contributed by atoms with E-state index in [9.17, 15) is 4.79 Å². The second kappa shape index (κ2) is 7.36. The summed E-state index contributed by atoms with van der Waals surface area (Å²) in [4.78, 5) is 17.3. The van der Waals surface area contributed by atoms with E-state index in [-0.39, 0.29) is 17.2 Å². The Bertz CT molecular complexity index is 1050. The van der Waals surface area contributed by atoms with E-state index < -0.39 is 0 Å². The molecule has 2 aliphatic heterocycles. The maximum Gasteiger partial charge on any atom is 0.276 e. The summed E-state index contributed by atoms with van der Waals surface area (Å²) in [5.74, 6) is 2.05. The van der Waals surface area contributed by atoms with Crippen molar-refractivity contribution >= 4 is 5.91 Å². The molecule has 1 aromatic carbocycles. The van der Waals surface area contributed by atoms with Crippen LogP contribution in [0.2, 0.25) is 0 Å².